The highest BCUT2D eigenvalue weighted by Crippen LogP contribution is 2.24. The molecule has 3 aromatic heterocycles. The number of oxazole rings is 1. The topological polar surface area (TPSA) is 75.4 Å². The van der Waals surface area contributed by atoms with Crippen LogP contribution in [-0.4, -0.2) is 58.9 Å². The van der Waals surface area contributed by atoms with Gasteiger partial charge in [-0.3, -0.25) is 9.78 Å². The molecular weight excluding hydrogens is 390 g/mol. The number of anilines is 1. The van der Waals surface area contributed by atoms with Gasteiger partial charge in [0.15, 0.2) is 17.9 Å². The molecule has 0 amide bonds. The van der Waals surface area contributed by atoms with Crippen molar-refractivity contribution in [3.8, 4) is 11.3 Å². The number of carbonyl (C=O) groups excluding carboxylic acids is 1. The Morgan fingerprint density at radius 2 is 1.84 bits per heavy atom. The van der Waals surface area contributed by atoms with Crippen molar-refractivity contribution in [1.29, 1.82) is 0 Å². The maximum absolute atomic E-state index is 12.8. The summed E-state index contributed by atoms with van der Waals surface area (Å²) >= 11 is 0. The first-order chi connectivity index (χ1) is 15.2. The second-order valence-electron chi connectivity index (χ2n) is 7.90. The molecule has 0 saturated carbocycles. The fourth-order valence-electron chi connectivity index (χ4n) is 3.84. The summed E-state index contributed by atoms with van der Waals surface area (Å²) in [5, 5.41) is 2.02. The summed E-state index contributed by atoms with van der Waals surface area (Å²) in [6, 6.07) is 11.8. The molecule has 0 atom stereocenters. The fraction of sp³-hybridized carbons (Fsp3) is 0.250. The molecule has 1 saturated heterocycles. The molecule has 5 rings (SSSR count). The summed E-state index contributed by atoms with van der Waals surface area (Å²) in [7, 11) is 2.13. The van der Waals surface area contributed by atoms with E-state index in [9.17, 15) is 4.79 Å². The van der Waals surface area contributed by atoms with Crippen LogP contribution in [0.4, 0.5) is 5.82 Å². The van der Waals surface area contributed by atoms with E-state index in [0.717, 1.165) is 54.0 Å². The first-order valence-corrected chi connectivity index (χ1v) is 10.4. The van der Waals surface area contributed by atoms with Crippen molar-refractivity contribution in [3.63, 3.8) is 0 Å². The van der Waals surface area contributed by atoms with Gasteiger partial charge in [-0.05, 0) is 36.7 Å². The number of benzene rings is 1. The van der Waals surface area contributed by atoms with Gasteiger partial charge in [-0.1, -0.05) is 12.1 Å². The molecule has 1 aliphatic heterocycles. The lowest BCUT2D eigenvalue weighted by Gasteiger charge is -2.33. The highest BCUT2D eigenvalue weighted by atomic mass is 16.3. The molecule has 31 heavy (non-hydrogen) atoms. The number of hydrogen-bond donors (Lipinski definition) is 0. The highest BCUT2D eigenvalue weighted by Gasteiger charge is 2.16. The number of piperazine rings is 1. The SMILES string of the molecule is CN1CCN(c2ccc(C(=O)Cc3cc4cc(-c5cnco5)ccc4cn3)cn2)CC1. The molecule has 0 radical (unpaired) electrons. The number of likely N-dealkylation sites (N-methyl/N-ethyl adjacent to an activating group) is 1. The second-order valence-corrected chi connectivity index (χ2v) is 7.90. The van der Waals surface area contributed by atoms with Gasteiger partial charge in [-0.15, -0.1) is 0 Å². The van der Waals surface area contributed by atoms with E-state index in [2.05, 4.69) is 31.8 Å². The Kier molecular flexibility index (Phi) is 5.18. The van der Waals surface area contributed by atoms with Crippen LogP contribution in [0.1, 0.15) is 16.1 Å². The lowest BCUT2D eigenvalue weighted by atomic mass is 10.0. The average molecular weight is 413 g/mol. The molecule has 0 bridgehead atoms. The van der Waals surface area contributed by atoms with Crippen LogP contribution in [0.5, 0.6) is 0 Å². The summed E-state index contributed by atoms with van der Waals surface area (Å²) < 4.78 is 5.39. The number of nitrogens with zero attached hydrogens (tertiary/aromatic N) is 5. The van der Waals surface area contributed by atoms with Crippen LogP contribution >= 0.6 is 0 Å². The molecule has 0 unspecified atom stereocenters. The van der Waals surface area contributed by atoms with E-state index < -0.39 is 0 Å². The first-order valence-electron chi connectivity index (χ1n) is 10.4. The van der Waals surface area contributed by atoms with Crippen molar-refractivity contribution < 1.29 is 9.21 Å². The lowest BCUT2D eigenvalue weighted by Crippen LogP contribution is -2.44. The molecule has 0 N–H and O–H groups in total. The third-order valence-corrected chi connectivity index (χ3v) is 5.73. The number of carbonyl (C=O) groups is 1. The van der Waals surface area contributed by atoms with E-state index in [1.807, 2.05) is 36.4 Å². The predicted molar refractivity (Wildman–Crippen MR) is 119 cm³/mol. The van der Waals surface area contributed by atoms with E-state index in [4.69, 9.17) is 4.42 Å². The molecular formula is C24H23N5O2. The number of fused-ring (bicyclic) bond motifs is 1. The molecule has 0 spiro atoms. The van der Waals surface area contributed by atoms with E-state index in [0.29, 0.717) is 11.3 Å². The van der Waals surface area contributed by atoms with E-state index in [1.165, 1.54) is 6.39 Å². The number of aromatic nitrogens is 3. The number of Topliss-reactive ketones (excluding diaryl/α,β-unsaturated/α-hetero) is 1. The summed E-state index contributed by atoms with van der Waals surface area (Å²) in [6.07, 6.45) is 6.82. The quantitative estimate of drug-likeness (QED) is 0.464. The summed E-state index contributed by atoms with van der Waals surface area (Å²) in [5.41, 5.74) is 2.28. The van der Waals surface area contributed by atoms with Crippen molar-refractivity contribution in [2.24, 2.45) is 0 Å². The maximum Gasteiger partial charge on any atom is 0.181 e. The van der Waals surface area contributed by atoms with Crippen molar-refractivity contribution in [2.75, 3.05) is 38.1 Å². The molecule has 1 fully saturated rings. The molecule has 4 aromatic rings. The van der Waals surface area contributed by atoms with Gasteiger partial charge in [-0.2, -0.15) is 0 Å². The minimum absolute atomic E-state index is 0.00988. The third-order valence-electron chi connectivity index (χ3n) is 5.73. The normalized spacial score (nSPS) is 14.8. The summed E-state index contributed by atoms with van der Waals surface area (Å²) in [6.45, 7) is 3.95. The van der Waals surface area contributed by atoms with Crippen molar-refractivity contribution in [2.45, 2.75) is 6.42 Å². The van der Waals surface area contributed by atoms with Crippen LogP contribution in [-0.2, 0) is 6.42 Å². The standard InChI is InChI=1S/C24H23N5O2/c1-28-6-8-29(9-7-28)24-5-4-19(14-27-24)22(30)12-21-11-20-10-17(23-15-25-16-31-23)2-3-18(20)13-26-21/h2-5,10-11,13-16H,6-9,12H2,1H3. The zero-order valence-electron chi connectivity index (χ0n) is 17.4. The van der Waals surface area contributed by atoms with Crippen LogP contribution in [0.3, 0.4) is 0 Å². The van der Waals surface area contributed by atoms with E-state index in [1.54, 1.807) is 18.6 Å². The van der Waals surface area contributed by atoms with Gasteiger partial charge in [0.25, 0.3) is 0 Å². The molecule has 156 valence electrons. The summed E-state index contributed by atoms with van der Waals surface area (Å²) in [4.78, 5) is 30.3. The Labute approximate surface area is 180 Å². The highest BCUT2D eigenvalue weighted by molar-refractivity contribution is 5.97. The Morgan fingerprint density at radius 3 is 2.58 bits per heavy atom. The smallest absolute Gasteiger partial charge is 0.181 e. The van der Waals surface area contributed by atoms with Crippen molar-refractivity contribution in [3.05, 3.63) is 72.6 Å². The summed E-state index contributed by atoms with van der Waals surface area (Å²) in [5.74, 6) is 1.65. The molecule has 7 heteroatoms. The fourth-order valence-corrected chi connectivity index (χ4v) is 3.84. The number of hydrogen-bond acceptors (Lipinski definition) is 7. The van der Waals surface area contributed by atoms with Crippen LogP contribution in [0.15, 0.2) is 65.8 Å². The molecule has 4 heterocycles. The van der Waals surface area contributed by atoms with Crippen molar-refractivity contribution >= 4 is 22.4 Å². The predicted octanol–water partition coefficient (Wildman–Crippen LogP) is 3.46. The largest absolute Gasteiger partial charge is 0.444 e. The second kappa shape index (κ2) is 8.28. The van der Waals surface area contributed by atoms with Crippen LogP contribution < -0.4 is 4.90 Å². The number of pyridine rings is 2. The third kappa shape index (κ3) is 4.18. The van der Waals surface area contributed by atoms with E-state index in [-0.39, 0.29) is 12.2 Å². The molecule has 7 nitrogen and oxygen atoms in total. The zero-order valence-corrected chi connectivity index (χ0v) is 17.4. The van der Waals surface area contributed by atoms with Gasteiger partial charge in [0.1, 0.15) is 5.82 Å². The first kappa shape index (κ1) is 19.4. The Hall–Kier alpha value is -3.58. The van der Waals surface area contributed by atoms with Crippen LogP contribution in [0.2, 0.25) is 0 Å². The number of ketones is 1. The monoisotopic (exact) mass is 413 g/mol. The van der Waals surface area contributed by atoms with Gasteiger partial charge < -0.3 is 14.2 Å². The van der Waals surface area contributed by atoms with Crippen LogP contribution in [0.25, 0.3) is 22.1 Å². The van der Waals surface area contributed by atoms with Crippen molar-refractivity contribution in [1.82, 2.24) is 19.9 Å². The average Bonchev–Trinajstić information content (AvgIpc) is 3.34. The maximum atomic E-state index is 12.8. The van der Waals surface area contributed by atoms with Gasteiger partial charge in [-0.25, -0.2) is 9.97 Å². The minimum Gasteiger partial charge on any atom is -0.444 e. The van der Waals surface area contributed by atoms with E-state index >= 15 is 0 Å². The molecule has 1 aromatic carbocycles. The number of rotatable bonds is 5. The van der Waals surface area contributed by atoms with Gasteiger partial charge in [0.2, 0.25) is 0 Å². The van der Waals surface area contributed by atoms with Gasteiger partial charge in [0, 0.05) is 60.8 Å². The Bertz CT molecular complexity index is 1200. The van der Waals surface area contributed by atoms with Gasteiger partial charge >= 0.3 is 0 Å². The zero-order chi connectivity index (χ0) is 21.2. The Morgan fingerprint density at radius 1 is 0.968 bits per heavy atom. The molecule has 0 aliphatic carbocycles. The van der Waals surface area contributed by atoms with Gasteiger partial charge in [0.05, 0.1) is 12.6 Å². The molecule has 1 aliphatic rings. The minimum atomic E-state index is 0.00988. The lowest BCUT2D eigenvalue weighted by molar-refractivity contribution is 0.0991. The van der Waals surface area contributed by atoms with Crippen LogP contribution in [0, 0.1) is 0 Å². The Balaban J connectivity index is 1.31.